The molecule has 8 heteroatoms. The maximum Gasteiger partial charge on any atom is 0.307 e. The van der Waals surface area contributed by atoms with Crippen LogP contribution in [0, 0.1) is 11.8 Å². The molecule has 0 aliphatic carbocycles. The summed E-state index contributed by atoms with van der Waals surface area (Å²) in [7, 11) is 0. The number of carbonyl (C=O) groups excluding carboxylic acids is 2. The number of ether oxygens (including phenoxy) is 2. The minimum atomic E-state index is -1.08. The summed E-state index contributed by atoms with van der Waals surface area (Å²) in [5, 5.41) is 18.4. The molecule has 0 bridgehead atoms. The van der Waals surface area contributed by atoms with Crippen LogP contribution in [0.4, 0.5) is 0 Å². The van der Waals surface area contributed by atoms with Gasteiger partial charge in [-0.15, -0.1) is 0 Å². The molecule has 0 aliphatic rings. The molecule has 0 amide bonds. The van der Waals surface area contributed by atoms with Crippen LogP contribution in [-0.2, 0) is 28.7 Å². The highest BCUT2D eigenvalue weighted by Gasteiger charge is 2.22. The molecule has 0 saturated carbocycles. The molecule has 2 atom stereocenters. The highest BCUT2D eigenvalue weighted by molar-refractivity contribution is 5.79. The number of carboxylic acids is 2. The van der Waals surface area contributed by atoms with E-state index in [1.165, 1.54) is 0 Å². The van der Waals surface area contributed by atoms with E-state index in [4.69, 9.17) is 9.47 Å². The summed E-state index contributed by atoms with van der Waals surface area (Å²) in [5.74, 6) is -5.27. The summed E-state index contributed by atoms with van der Waals surface area (Å²) in [6.45, 7) is 3.60. The fourth-order valence-corrected chi connectivity index (χ4v) is 2.46. The number of hydrogen-bond acceptors (Lipinski definition) is 6. The Kier molecular flexibility index (Phi) is 15.7. The Bertz CT molecular complexity index is 542. The minimum absolute atomic E-state index is 0.212. The average molecular weight is 427 g/mol. The molecule has 170 valence electrons. The molecule has 0 aromatic heterocycles. The second-order valence-electron chi connectivity index (χ2n) is 6.91. The van der Waals surface area contributed by atoms with Gasteiger partial charge < -0.3 is 19.7 Å². The van der Waals surface area contributed by atoms with Crippen LogP contribution < -0.4 is 0 Å². The van der Waals surface area contributed by atoms with E-state index in [1.54, 1.807) is 12.2 Å². The maximum absolute atomic E-state index is 11.8. The highest BCUT2D eigenvalue weighted by Crippen LogP contribution is 2.13. The van der Waals surface area contributed by atoms with E-state index in [9.17, 15) is 29.4 Å². The van der Waals surface area contributed by atoms with Gasteiger partial charge in [-0.2, -0.15) is 0 Å². The van der Waals surface area contributed by atoms with Crippen LogP contribution in [-0.4, -0.2) is 47.3 Å². The van der Waals surface area contributed by atoms with E-state index in [1.807, 2.05) is 26.0 Å². The van der Waals surface area contributed by atoms with Crippen LogP contribution >= 0.6 is 0 Å². The summed E-state index contributed by atoms with van der Waals surface area (Å²) in [6.07, 6.45) is 10.8. The number of rotatable bonds is 17. The van der Waals surface area contributed by atoms with E-state index in [0.717, 1.165) is 25.7 Å². The van der Waals surface area contributed by atoms with Crippen molar-refractivity contribution in [1.29, 1.82) is 0 Å². The molecule has 0 radical (unpaired) electrons. The lowest BCUT2D eigenvalue weighted by Crippen LogP contribution is -2.22. The van der Waals surface area contributed by atoms with Gasteiger partial charge in [0, 0.05) is 0 Å². The molecule has 0 fully saturated rings. The van der Waals surface area contributed by atoms with Crippen LogP contribution in [0.15, 0.2) is 24.3 Å². The molecule has 2 unspecified atom stereocenters. The van der Waals surface area contributed by atoms with Crippen molar-refractivity contribution < 1.29 is 38.9 Å². The third-order valence-electron chi connectivity index (χ3n) is 4.22. The van der Waals surface area contributed by atoms with Gasteiger partial charge in [0.25, 0.3) is 0 Å². The van der Waals surface area contributed by atoms with Crippen LogP contribution in [0.2, 0.25) is 0 Å². The number of aliphatic carboxylic acids is 2. The van der Waals surface area contributed by atoms with Gasteiger partial charge in [0.05, 0.1) is 24.7 Å². The van der Waals surface area contributed by atoms with Crippen molar-refractivity contribution in [1.82, 2.24) is 0 Å². The smallest absolute Gasteiger partial charge is 0.307 e. The van der Waals surface area contributed by atoms with Gasteiger partial charge in [-0.3, -0.25) is 19.2 Å². The Morgan fingerprint density at radius 2 is 1.07 bits per heavy atom. The van der Waals surface area contributed by atoms with Crippen molar-refractivity contribution >= 4 is 23.9 Å². The van der Waals surface area contributed by atoms with Gasteiger partial charge in [-0.1, -0.05) is 51.0 Å². The first-order valence-corrected chi connectivity index (χ1v) is 10.4. The Balaban J connectivity index is 4.22. The minimum Gasteiger partial charge on any atom is -0.481 e. The van der Waals surface area contributed by atoms with Crippen molar-refractivity contribution in [3.05, 3.63) is 24.3 Å². The topological polar surface area (TPSA) is 127 Å². The molecule has 0 rings (SSSR count). The summed E-state index contributed by atoms with van der Waals surface area (Å²) < 4.78 is 9.83. The van der Waals surface area contributed by atoms with Crippen LogP contribution in [0.1, 0.15) is 65.2 Å². The van der Waals surface area contributed by atoms with Crippen LogP contribution in [0.3, 0.4) is 0 Å². The summed E-state index contributed by atoms with van der Waals surface area (Å²) >= 11 is 0. The van der Waals surface area contributed by atoms with E-state index in [0.29, 0.717) is 0 Å². The van der Waals surface area contributed by atoms with Gasteiger partial charge in [0.2, 0.25) is 0 Å². The zero-order valence-corrected chi connectivity index (χ0v) is 17.9. The average Bonchev–Trinajstić information content (AvgIpc) is 2.69. The third kappa shape index (κ3) is 14.4. The van der Waals surface area contributed by atoms with Crippen molar-refractivity contribution in [2.24, 2.45) is 11.8 Å². The number of carbonyl (C=O) groups is 4. The molecule has 8 nitrogen and oxygen atoms in total. The van der Waals surface area contributed by atoms with Crippen LogP contribution in [0.25, 0.3) is 0 Å². The standard InChI is InChI=1S/C22H34O8/c1-3-5-7-9-11-17(21(25)26)15-19(23)29-13-14-30-20(24)16-18(22(27)28)12-10-8-6-4-2/h7-10,17-18H,3-6,11-16H2,1-2H3,(H,25,26)(H,27,28)/b9-7+,10-8+. The van der Waals surface area contributed by atoms with E-state index >= 15 is 0 Å². The highest BCUT2D eigenvalue weighted by atomic mass is 16.6. The largest absolute Gasteiger partial charge is 0.481 e. The zero-order chi connectivity index (χ0) is 22.8. The number of carboxylic acid groups (broad SMARTS) is 2. The first-order chi connectivity index (χ1) is 14.3. The van der Waals surface area contributed by atoms with Gasteiger partial charge in [-0.05, 0) is 25.7 Å². The summed E-state index contributed by atoms with van der Waals surface area (Å²) in [5.41, 5.74) is 0. The SMILES string of the molecule is CCC/C=C/CC(CC(=O)OCCOC(=O)CC(C/C=C/CCC)C(=O)O)C(=O)O. The number of allylic oxidation sites excluding steroid dienone is 4. The first-order valence-electron chi connectivity index (χ1n) is 10.4. The fourth-order valence-electron chi connectivity index (χ4n) is 2.46. The van der Waals surface area contributed by atoms with Crippen LogP contribution in [0.5, 0.6) is 0 Å². The molecule has 0 aliphatic heterocycles. The Hall–Kier alpha value is -2.64. The monoisotopic (exact) mass is 426 g/mol. The number of unbranched alkanes of at least 4 members (excludes halogenated alkanes) is 2. The van der Waals surface area contributed by atoms with Gasteiger partial charge in [0.1, 0.15) is 13.2 Å². The van der Waals surface area contributed by atoms with Crippen molar-refractivity contribution in [2.45, 2.75) is 65.2 Å². The molecule has 2 N–H and O–H groups in total. The van der Waals surface area contributed by atoms with Gasteiger partial charge >= 0.3 is 23.9 Å². The predicted octanol–water partition coefficient (Wildman–Crippen LogP) is 3.75. The molecule has 0 aromatic carbocycles. The molecule has 0 saturated heterocycles. The third-order valence-corrected chi connectivity index (χ3v) is 4.22. The van der Waals surface area contributed by atoms with E-state index in [2.05, 4.69) is 0 Å². The summed E-state index contributed by atoms with van der Waals surface area (Å²) in [6, 6.07) is 0. The zero-order valence-electron chi connectivity index (χ0n) is 17.9. The van der Waals surface area contributed by atoms with Crippen molar-refractivity contribution in [3.63, 3.8) is 0 Å². The number of esters is 2. The molecule has 0 spiro atoms. The van der Waals surface area contributed by atoms with Crippen molar-refractivity contribution in [2.75, 3.05) is 13.2 Å². The molecule has 0 aromatic rings. The second kappa shape index (κ2) is 17.2. The lowest BCUT2D eigenvalue weighted by Gasteiger charge is -2.12. The van der Waals surface area contributed by atoms with E-state index < -0.39 is 35.7 Å². The van der Waals surface area contributed by atoms with Gasteiger partial charge in [0.15, 0.2) is 0 Å². The lowest BCUT2D eigenvalue weighted by molar-refractivity contribution is -0.157. The molecular formula is C22H34O8. The quantitative estimate of drug-likeness (QED) is 0.204. The lowest BCUT2D eigenvalue weighted by atomic mass is 10.0. The normalized spacial score (nSPS) is 13.3. The Morgan fingerprint density at radius 3 is 1.37 bits per heavy atom. The molecular weight excluding hydrogens is 392 g/mol. The predicted molar refractivity (Wildman–Crippen MR) is 111 cm³/mol. The maximum atomic E-state index is 11.8. The number of hydrogen-bond donors (Lipinski definition) is 2. The summed E-state index contributed by atoms with van der Waals surface area (Å²) in [4.78, 5) is 46.0. The molecule has 0 heterocycles. The first kappa shape index (κ1) is 27.4. The fraction of sp³-hybridized carbons (Fsp3) is 0.636. The van der Waals surface area contributed by atoms with Crippen molar-refractivity contribution in [3.8, 4) is 0 Å². The molecule has 30 heavy (non-hydrogen) atoms. The second-order valence-corrected chi connectivity index (χ2v) is 6.91. The van der Waals surface area contributed by atoms with Gasteiger partial charge in [-0.25, -0.2) is 0 Å². The Labute approximate surface area is 177 Å². The van der Waals surface area contributed by atoms with E-state index in [-0.39, 0.29) is 38.9 Å². The Morgan fingerprint density at radius 1 is 0.700 bits per heavy atom.